The molecule has 1 saturated heterocycles. The molecule has 1 N–H and O–H groups in total. The fraction of sp³-hybridized carbons (Fsp3) is 0.304. The van der Waals surface area contributed by atoms with E-state index in [2.05, 4.69) is 45.2 Å². The van der Waals surface area contributed by atoms with E-state index >= 15 is 0 Å². The zero-order chi connectivity index (χ0) is 20.2. The Morgan fingerprint density at radius 2 is 1.59 bits per heavy atom. The second-order valence-electron chi connectivity index (χ2n) is 7.40. The summed E-state index contributed by atoms with van der Waals surface area (Å²) < 4.78 is 14.1. The third-order valence-corrected chi connectivity index (χ3v) is 5.32. The van der Waals surface area contributed by atoms with E-state index in [1.165, 1.54) is 17.2 Å². The maximum absolute atomic E-state index is 14.1. The van der Waals surface area contributed by atoms with E-state index in [1.807, 2.05) is 31.2 Å². The Kier molecular flexibility index (Phi) is 5.60. The van der Waals surface area contributed by atoms with Crippen LogP contribution in [0.2, 0.25) is 0 Å². The van der Waals surface area contributed by atoms with Crippen molar-refractivity contribution in [2.24, 2.45) is 0 Å². The minimum atomic E-state index is -0.171. The third kappa shape index (κ3) is 4.47. The molecule has 1 fully saturated rings. The lowest BCUT2D eigenvalue weighted by molar-refractivity contribution is 0.594. The van der Waals surface area contributed by atoms with Gasteiger partial charge >= 0.3 is 0 Å². The summed E-state index contributed by atoms with van der Waals surface area (Å²) in [6.45, 7) is 7.82. The monoisotopic (exact) mass is 391 g/mol. The highest BCUT2D eigenvalue weighted by Crippen LogP contribution is 2.22. The van der Waals surface area contributed by atoms with Crippen LogP contribution in [0.4, 0.5) is 21.8 Å². The number of rotatable bonds is 5. The Hall–Kier alpha value is -3.15. The molecule has 0 aliphatic carbocycles. The minimum absolute atomic E-state index is 0.171. The fourth-order valence-electron chi connectivity index (χ4n) is 3.63. The molecule has 1 aliphatic heterocycles. The molecule has 1 aromatic heterocycles. The summed E-state index contributed by atoms with van der Waals surface area (Å²) in [5, 5.41) is 3.43. The topological polar surface area (TPSA) is 44.3 Å². The highest BCUT2D eigenvalue weighted by atomic mass is 19.1. The van der Waals surface area contributed by atoms with Crippen LogP contribution in [0.5, 0.6) is 0 Å². The van der Waals surface area contributed by atoms with Gasteiger partial charge in [0.05, 0.1) is 5.69 Å². The van der Waals surface area contributed by atoms with E-state index in [-0.39, 0.29) is 5.82 Å². The lowest BCUT2D eigenvalue weighted by Gasteiger charge is -2.36. The minimum Gasteiger partial charge on any atom is -0.366 e. The zero-order valence-corrected chi connectivity index (χ0v) is 16.9. The molecule has 29 heavy (non-hydrogen) atoms. The van der Waals surface area contributed by atoms with Gasteiger partial charge in [0, 0.05) is 44.5 Å². The first-order chi connectivity index (χ1) is 14.1. The standard InChI is InChI=1S/C23H26FN5/c1-17-7-3-4-8-19(17)16-25-22-15-18(2)26-23(27-22)29-13-11-28(12-14-29)21-10-6-5-9-20(21)24/h3-10,15H,11-14,16H2,1-2H3,(H,25,26,27). The molecular formula is C23H26FN5. The number of halogens is 1. The number of benzene rings is 2. The average molecular weight is 391 g/mol. The van der Waals surface area contributed by atoms with Crippen molar-refractivity contribution in [3.8, 4) is 0 Å². The highest BCUT2D eigenvalue weighted by Gasteiger charge is 2.21. The fourth-order valence-corrected chi connectivity index (χ4v) is 3.63. The molecule has 150 valence electrons. The van der Waals surface area contributed by atoms with E-state index in [1.54, 1.807) is 6.07 Å². The summed E-state index contributed by atoms with van der Waals surface area (Å²) in [4.78, 5) is 13.6. The summed E-state index contributed by atoms with van der Waals surface area (Å²) in [6, 6.07) is 17.3. The van der Waals surface area contributed by atoms with Gasteiger partial charge in [-0.1, -0.05) is 36.4 Å². The lowest BCUT2D eigenvalue weighted by Crippen LogP contribution is -2.47. The number of aromatic nitrogens is 2. The summed E-state index contributed by atoms with van der Waals surface area (Å²) >= 11 is 0. The van der Waals surface area contributed by atoms with Crippen molar-refractivity contribution in [2.45, 2.75) is 20.4 Å². The number of hydrogen-bond acceptors (Lipinski definition) is 5. The number of anilines is 3. The molecule has 6 heteroatoms. The number of nitrogens with zero attached hydrogens (tertiary/aromatic N) is 4. The van der Waals surface area contributed by atoms with Gasteiger partial charge in [-0.05, 0) is 37.1 Å². The van der Waals surface area contributed by atoms with Crippen LogP contribution in [-0.2, 0) is 6.54 Å². The van der Waals surface area contributed by atoms with E-state index in [0.29, 0.717) is 5.69 Å². The van der Waals surface area contributed by atoms with Crippen molar-refractivity contribution >= 4 is 17.5 Å². The molecule has 0 atom stereocenters. The summed E-state index contributed by atoms with van der Waals surface area (Å²) in [5.41, 5.74) is 4.11. The van der Waals surface area contributed by atoms with Crippen molar-refractivity contribution in [1.82, 2.24) is 9.97 Å². The number of aryl methyl sites for hydroxylation is 2. The molecule has 0 saturated carbocycles. The van der Waals surface area contributed by atoms with Gasteiger partial charge in [0.15, 0.2) is 0 Å². The van der Waals surface area contributed by atoms with Crippen molar-refractivity contribution in [2.75, 3.05) is 41.3 Å². The molecule has 2 aromatic carbocycles. The SMILES string of the molecule is Cc1cc(NCc2ccccc2C)nc(N2CCN(c3ccccc3F)CC2)n1. The molecule has 0 radical (unpaired) electrons. The Morgan fingerprint density at radius 3 is 2.34 bits per heavy atom. The highest BCUT2D eigenvalue weighted by molar-refractivity contribution is 5.50. The van der Waals surface area contributed by atoms with Gasteiger partial charge < -0.3 is 15.1 Å². The van der Waals surface area contributed by atoms with Crippen molar-refractivity contribution < 1.29 is 4.39 Å². The predicted molar refractivity (Wildman–Crippen MR) is 116 cm³/mol. The van der Waals surface area contributed by atoms with Crippen LogP contribution in [0, 0.1) is 19.7 Å². The van der Waals surface area contributed by atoms with E-state index < -0.39 is 0 Å². The second kappa shape index (κ2) is 8.47. The Labute approximate surface area is 171 Å². The van der Waals surface area contributed by atoms with Crippen LogP contribution in [0.15, 0.2) is 54.6 Å². The van der Waals surface area contributed by atoms with Crippen LogP contribution >= 0.6 is 0 Å². The van der Waals surface area contributed by atoms with Crippen LogP contribution < -0.4 is 15.1 Å². The smallest absolute Gasteiger partial charge is 0.227 e. The molecule has 5 nitrogen and oxygen atoms in total. The average Bonchev–Trinajstić information content (AvgIpc) is 2.73. The molecule has 0 bridgehead atoms. The molecule has 0 spiro atoms. The van der Waals surface area contributed by atoms with Crippen LogP contribution in [0.25, 0.3) is 0 Å². The largest absolute Gasteiger partial charge is 0.366 e. The quantitative estimate of drug-likeness (QED) is 0.707. The molecule has 0 unspecified atom stereocenters. The Morgan fingerprint density at radius 1 is 0.897 bits per heavy atom. The first-order valence-electron chi connectivity index (χ1n) is 9.98. The van der Waals surface area contributed by atoms with Gasteiger partial charge in [0.1, 0.15) is 11.6 Å². The van der Waals surface area contributed by atoms with Crippen LogP contribution in [-0.4, -0.2) is 36.1 Å². The Balaban J connectivity index is 1.43. The first-order valence-corrected chi connectivity index (χ1v) is 9.98. The molecule has 0 amide bonds. The molecule has 1 aliphatic rings. The molecule has 4 rings (SSSR count). The summed E-state index contributed by atoms with van der Waals surface area (Å²) in [7, 11) is 0. The van der Waals surface area contributed by atoms with Gasteiger partial charge in [-0.15, -0.1) is 0 Å². The van der Waals surface area contributed by atoms with Gasteiger partial charge in [0.2, 0.25) is 5.95 Å². The van der Waals surface area contributed by atoms with Crippen molar-refractivity contribution in [3.05, 3.63) is 77.2 Å². The van der Waals surface area contributed by atoms with E-state index in [9.17, 15) is 4.39 Å². The third-order valence-electron chi connectivity index (χ3n) is 5.32. The number of piperazine rings is 1. The van der Waals surface area contributed by atoms with E-state index in [0.717, 1.165) is 50.2 Å². The lowest BCUT2D eigenvalue weighted by atomic mass is 10.1. The van der Waals surface area contributed by atoms with E-state index in [4.69, 9.17) is 4.98 Å². The number of nitrogens with one attached hydrogen (secondary N) is 1. The van der Waals surface area contributed by atoms with Gasteiger partial charge in [0.25, 0.3) is 0 Å². The van der Waals surface area contributed by atoms with Gasteiger partial charge in [-0.25, -0.2) is 9.37 Å². The summed E-state index contributed by atoms with van der Waals surface area (Å²) in [5.74, 6) is 1.38. The van der Waals surface area contributed by atoms with Crippen LogP contribution in [0.3, 0.4) is 0 Å². The van der Waals surface area contributed by atoms with Crippen LogP contribution in [0.1, 0.15) is 16.8 Å². The number of para-hydroxylation sites is 1. The molecule has 3 aromatic rings. The summed E-state index contributed by atoms with van der Waals surface area (Å²) in [6.07, 6.45) is 0. The molecule has 2 heterocycles. The second-order valence-corrected chi connectivity index (χ2v) is 7.40. The maximum atomic E-state index is 14.1. The van der Waals surface area contributed by atoms with Gasteiger partial charge in [-0.2, -0.15) is 4.98 Å². The first kappa shape index (κ1) is 19.2. The van der Waals surface area contributed by atoms with Gasteiger partial charge in [-0.3, -0.25) is 0 Å². The normalized spacial score (nSPS) is 14.2. The zero-order valence-electron chi connectivity index (χ0n) is 16.9. The van der Waals surface area contributed by atoms with Crippen molar-refractivity contribution in [1.29, 1.82) is 0 Å². The Bertz CT molecular complexity index is 983. The predicted octanol–water partition coefficient (Wildman–Crippen LogP) is 4.17. The molecular weight excluding hydrogens is 365 g/mol. The van der Waals surface area contributed by atoms with Crippen molar-refractivity contribution in [3.63, 3.8) is 0 Å². The maximum Gasteiger partial charge on any atom is 0.227 e. The number of hydrogen-bond donors (Lipinski definition) is 1.